The van der Waals surface area contributed by atoms with Crippen LogP contribution in [0.3, 0.4) is 0 Å². The van der Waals surface area contributed by atoms with E-state index in [1.54, 1.807) is 25.4 Å². The summed E-state index contributed by atoms with van der Waals surface area (Å²) in [5.41, 5.74) is 1.89. The number of carbonyl (C=O) groups is 1. The van der Waals surface area contributed by atoms with E-state index in [0.29, 0.717) is 0 Å². The van der Waals surface area contributed by atoms with Crippen LogP contribution in [0.15, 0.2) is 41.8 Å². The highest BCUT2D eigenvalue weighted by molar-refractivity contribution is 7.13. The molecule has 0 aliphatic carbocycles. The minimum absolute atomic E-state index is 0.0996. The maximum atomic E-state index is 11.2. The highest BCUT2D eigenvalue weighted by Gasteiger charge is 2.11. The molecule has 0 bridgehead atoms. The van der Waals surface area contributed by atoms with Crippen molar-refractivity contribution in [3.05, 3.63) is 47.3 Å². The van der Waals surface area contributed by atoms with Crippen molar-refractivity contribution >= 4 is 17.1 Å². The highest BCUT2D eigenvalue weighted by Crippen LogP contribution is 2.26. The van der Waals surface area contributed by atoms with Crippen LogP contribution < -0.4 is 23.4 Å². The Balaban J connectivity index is 0.000000422. The fourth-order valence-corrected chi connectivity index (χ4v) is 2.41. The summed E-state index contributed by atoms with van der Waals surface area (Å²) in [4.78, 5) is 12.3. The van der Waals surface area contributed by atoms with E-state index in [-0.39, 0.29) is 5.78 Å². The molecule has 0 aliphatic rings. The van der Waals surface area contributed by atoms with Crippen molar-refractivity contribution in [1.29, 1.82) is 0 Å². The number of halogens is 1. The van der Waals surface area contributed by atoms with Gasteiger partial charge in [0.15, 0.2) is 5.78 Å². The van der Waals surface area contributed by atoms with E-state index in [1.165, 1.54) is 0 Å². The van der Waals surface area contributed by atoms with Gasteiger partial charge in [-0.25, -0.2) is 18.6 Å². The number of rotatable bonds is 3. The van der Waals surface area contributed by atoms with Gasteiger partial charge >= 0.3 is 0 Å². The number of methoxy groups -OCH3 is 1. The minimum Gasteiger partial charge on any atom is -0.497 e. The van der Waals surface area contributed by atoms with Gasteiger partial charge in [-0.1, -0.05) is 0 Å². The van der Waals surface area contributed by atoms with Crippen LogP contribution in [0, 0.1) is 10.2 Å². The van der Waals surface area contributed by atoms with E-state index >= 15 is 0 Å². The fraction of sp³-hybridized carbons (Fsp3) is 0.143. The molecule has 22 heavy (non-hydrogen) atoms. The van der Waals surface area contributed by atoms with Gasteiger partial charge in [0, 0.05) is 11.6 Å². The topological polar surface area (TPSA) is 119 Å². The Hall–Kier alpha value is -1.61. The smallest absolute Gasteiger partial charge is 0.238 e. The number of ether oxygens (including phenoxy) is 1. The Morgan fingerprint density at radius 3 is 1.95 bits per heavy atom. The van der Waals surface area contributed by atoms with Gasteiger partial charge in [-0.15, -0.1) is 10.2 Å². The average molecular weight is 345 g/mol. The molecule has 0 aliphatic heterocycles. The maximum absolute atomic E-state index is 11.2. The third kappa shape index (κ3) is 6.90. The molecule has 0 unspecified atom stereocenters. The molecule has 0 atom stereocenters. The lowest BCUT2D eigenvalue weighted by Crippen LogP contribution is -2.68. The Morgan fingerprint density at radius 1 is 1.05 bits per heavy atom. The van der Waals surface area contributed by atoms with Crippen molar-refractivity contribution in [2.45, 2.75) is 6.92 Å². The first-order valence-corrected chi connectivity index (χ1v) is 8.01. The number of carbonyl (C=O) groups excluding carboxylic acids is 1. The van der Waals surface area contributed by atoms with Crippen LogP contribution in [0.5, 0.6) is 5.75 Å². The molecule has 0 spiro atoms. The van der Waals surface area contributed by atoms with Crippen LogP contribution in [0.4, 0.5) is 0 Å². The molecule has 8 heteroatoms. The highest BCUT2D eigenvalue weighted by atomic mass is 35.7. The summed E-state index contributed by atoms with van der Waals surface area (Å²) in [7, 11) is -3.29. The molecule has 0 N–H and O–H groups in total. The summed E-state index contributed by atoms with van der Waals surface area (Å²) < 4.78 is 39.1. The zero-order valence-electron chi connectivity index (χ0n) is 11.8. The van der Waals surface area contributed by atoms with Crippen molar-refractivity contribution in [2.24, 2.45) is 0 Å². The standard InChI is InChI=1S/C14H13O2S.ClHO4/c1-10(15)12-5-8-14(17-9-12)11-3-6-13(16-2)7-4-11;2-1(3,4)5/h3-9H,1-2H3;(H,2,3,4,5)/q+1;/p-1. The first-order valence-electron chi connectivity index (χ1n) is 5.89. The van der Waals surface area contributed by atoms with E-state index in [1.807, 2.05) is 41.8 Å². The summed E-state index contributed by atoms with van der Waals surface area (Å²) in [6.07, 6.45) is 0. The van der Waals surface area contributed by atoms with E-state index < -0.39 is 10.2 Å². The predicted octanol–water partition coefficient (Wildman–Crippen LogP) is -0.849. The molecule has 1 aromatic heterocycles. The zero-order chi connectivity index (χ0) is 16.8. The summed E-state index contributed by atoms with van der Waals surface area (Å²) in [6, 6.07) is 11.7. The third-order valence-corrected chi connectivity index (χ3v) is 3.51. The van der Waals surface area contributed by atoms with Gasteiger partial charge in [-0.3, -0.25) is 4.79 Å². The van der Waals surface area contributed by atoms with Gasteiger partial charge in [0.1, 0.15) is 5.75 Å². The van der Waals surface area contributed by atoms with Gasteiger partial charge in [0.05, 0.1) is 12.7 Å². The molecule has 0 saturated heterocycles. The SMILES string of the molecule is COc1ccc(-c2ccc(C(C)=O)c[s+]2)cc1.[O-][Cl+3]([O-])([O-])[O-]. The quantitative estimate of drug-likeness (QED) is 0.528. The van der Waals surface area contributed by atoms with Crippen LogP contribution in [0.1, 0.15) is 17.3 Å². The molecule has 0 fully saturated rings. The lowest BCUT2D eigenvalue weighted by atomic mass is 10.1. The number of benzene rings is 1. The van der Waals surface area contributed by atoms with Crippen LogP contribution in [0.2, 0.25) is 0 Å². The molecule has 118 valence electrons. The molecule has 6 nitrogen and oxygen atoms in total. The van der Waals surface area contributed by atoms with Gasteiger partial charge < -0.3 is 4.74 Å². The molecule has 1 heterocycles. The normalized spacial score (nSPS) is 10.5. The van der Waals surface area contributed by atoms with E-state index in [9.17, 15) is 4.79 Å². The Morgan fingerprint density at radius 2 is 1.59 bits per heavy atom. The van der Waals surface area contributed by atoms with Crippen LogP contribution in [-0.4, -0.2) is 12.9 Å². The third-order valence-electron chi connectivity index (χ3n) is 2.51. The van der Waals surface area contributed by atoms with Crippen molar-refractivity contribution in [3.8, 4) is 16.2 Å². The van der Waals surface area contributed by atoms with Gasteiger partial charge in [0.2, 0.25) is 21.6 Å². The molecular formula is C14H13ClO6S. The van der Waals surface area contributed by atoms with Gasteiger partial charge in [-0.05, 0) is 37.3 Å². The van der Waals surface area contributed by atoms with Crippen molar-refractivity contribution in [3.63, 3.8) is 0 Å². The number of hydrogen-bond donors (Lipinski definition) is 0. The van der Waals surface area contributed by atoms with Crippen LogP contribution >= 0.6 is 11.3 Å². The van der Waals surface area contributed by atoms with Crippen LogP contribution in [-0.2, 0) is 0 Å². The molecular weight excluding hydrogens is 332 g/mol. The summed E-state index contributed by atoms with van der Waals surface area (Å²) in [6.45, 7) is 1.58. The van der Waals surface area contributed by atoms with Crippen LogP contribution in [0.25, 0.3) is 10.4 Å². The fourth-order valence-electron chi connectivity index (χ4n) is 1.49. The first-order chi connectivity index (χ1) is 10.2. The molecule has 0 radical (unpaired) electrons. The predicted molar refractivity (Wildman–Crippen MR) is 70.7 cm³/mol. The van der Waals surface area contributed by atoms with E-state index in [0.717, 1.165) is 21.8 Å². The summed E-state index contributed by atoms with van der Waals surface area (Å²) in [5, 5.41) is 1.89. The maximum Gasteiger partial charge on any atom is 0.238 e. The largest absolute Gasteiger partial charge is 0.497 e. The molecule has 0 saturated carbocycles. The Bertz CT molecular complexity index is 601. The Kier molecular flexibility index (Phi) is 6.82. The second-order valence-corrected chi connectivity index (χ2v) is 5.72. The number of ketones is 1. The number of hydrogen-bond acceptors (Lipinski definition) is 6. The minimum atomic E-state index is -4.94. The first kappa shape index (κ1) is 18.4. The molecule has 1 aromatic carbocycles. The summed E-state index contributed by atoms with van der Waals surface area (Å²) >= 11 is 1.57. The lowest BCUT2D eigenvalue weighted by Gasteiger charge is -2.17. The van der Waals surface area contributed by atoms with E-state index in [2.05, 4.69) is 0 Å². The summed E-state index contributed by atoms with van der Waals surface area (Å²) in [5.74, 6) is 0.946. The van der Waals surface area contributed by atoms with Crippen molar-refractivity contribution in [2.75, 3.05) is 7.11 Å². The van der Waals surface area contributed by atoms with Crippen molar-refractivity contribution in [1.82, 2.24) is 0 Å². The second kappa shape index (κ2) is 8.14. The molecule has 2 aromatic rings. The second-order valence-electron chi connectivity index (χ2n) is 4.05. The van der Waals surface area contributed by atoms with E-state index in [4.69, 9.17) is 23.4 Å². The lowest BCUT2D eigenvalue weighted by molar-refractivity contribution is -2.00. The average Bonchev–Trinajstić information content (AvgIpc) is 2.46. The molecule has 2 rings (SSSR count). The monoisotopic (exact) mass is 344 g/mol. The Labute approximate surface area is 133 Å². The van der Waals surface area contributed by atoms with Gasteiger partial charge in [-0.2, -0.15) is 0 Å². The molecule has 0 amide bonds. The van der Waals surface area contributed by atoms with Crippen molar-refractivity contribution < 1.29 is 38.4 Å². The number of Topliss-reactive ketones (excluding diaryl/α,β-unsaturated/α-hetero) is 1. The zero-order valence-corrected chi connectivity index (χ0v) is 13.3. The van der Waals surface area contributed by atoms with Gasteiger partial charge in [0.25, 0.3) is 0 Å².